The summed E-state index contributed by atoms with van der Waals surface area (Å²) in [6.07, 6.45) is 5.75. The lowest BCUT2D eigenvalue weighted by molar-refractivity contribution is 0.286. The lowest BCUT2D eigenvalue weighted by Crippen LogP contribution is -2.19. The summed E-state index contributed by atoms with van der Waals surface area (Å²) in [5.74, 6) is 1.09. The normalized spacial score (nSPS) is 15.9. The minimum absolute atomic E-state index is 0.798. The maximum atomic E-state index is 5.56. The van der Waals surface area contributed by atoms with Gasteiger partial charge >= 0.3 is 0 Å². The number of nitrogens with zero attached hydrogens (tertiary/aromatic N) is 1. The number of nitrogens with one attached hydrogen (secondary N) is 1. The number of rotatable bonds is 7. The first-order chi connectivity index (χ1) is 7.79. The van der Waals surface area contributed by atoms with Crippen molar-refractivity contribution in [2.75, 3.05) is 13.6 Å². The van der Waals surface area contributed by atoms with Crippen molar-refractivity contribution in [2.24, 2.45) is 0 Å². The Morgan fingerprint density at radius 2 is 2.31 bits per heavy atom. The second-order valence-corrected chi connectivity index (χ2v) is 4.74. The summed E-state index contributed by atoms with van der Waals surface area (Å²) < 4.78 is 5.56. The van der Waals surface area contributed by atoms with Gasteiger partial charge in [-0.25, -0.2) is 0 Å². The predicted molar refractivity (Wildman–Crippen MR) is 65.2 cm³/mol. The van der Waals surface area contributed by atoms with E-state index in [1.54, 1.807) is 0 Å². The fraction of sp³-hybridized carbons (Fsp3) is 0.692. The molecule has 1 saturated carbocycles. The third-order valence-electron chi connectivity index (χ3n) is 3.04. The molecule has 0 saturated heterocycles. The van der Waals surface area contributed by atoms with E-state index in [2.05, 4.69) is 30.3 Å². The highest BCUT2D eigenvalue weighted by Gasteiger charge is 2.26. The molecular weight excluding hydrogens is 200 g/mol. The fourth-order valence-electron chi connectivity index (χ4n) is 1.90. The van der Waals surface area contributed by atoms with Gasteiger partial charge in [-0.1, -0.05) is 6.92 Å². The van der Waals surface area contributed by atoms with Crippen LogP contribution in [0.5, 0.6) is 0 Å². The Morgan fingerprint density at radius 3 is 3.00 bits per heavy atom. The van der Waals surface area contributed by atoms with E-state index in [0.717, 1.165) is 31.4 Å². The van der Waals surface area contributed by atoms with Gasteiger partial charge in [0, 0.05) is 18.2 Å². The van der Waals surface area contributed by atoms with Crippen LogP contribution in [0.3, 0.4) is 0 Å². The summed E-state index contributed by atoms with van der Waals surface area (Å²) in [6.45, 7) is 5.11. The average molecular weight is 222 g/mol. The first-order valence-electron chi connectivity index (χ1n) is 6.27. The van der Waals surface area contributed by atoms with Crippen LogP contribution in [0.15, 0.2) is 16.7 Å². The zero-order valence-electron chi connectivity index (χ0n) is 10.3. The molecule has 3 nitrogen and oxygen atoms in total. The summed E-state index contributed by atoms with van der Waals surface area (Å²) in [5, 5.41) is 3.38. The van der Waals surface area contributed by atoms with Crippen LogP contribution in [-0.2, 0) is 13.1 Å². The highest BCUT2D eigenvalue weighted by atomic mass is 16.3. The standard InChI is InChI=1S/C13H22N2O/c1-3-6-14-8-11-7-13(16-10-11)9-15(2)12-4-5-12/h7,10,12,14H,3-6,8-9H2,1-2H3. The fourth-order valence-corrected chi connectivity index (χ4v) is 1.90. The Kier molecular flexibility index (Phi) is 4.02. The Morgan fingerprint density at radius 1 is 1.50 bits per heavy atom. The first kappa shape index (κ1) is 11.7. The molecule has 0 unspecified atom stereocenters. The van der Waals surface area contributed by atoms with E-state index < -0.39 is 0 Å². The van der Waals surface area contributed by atoms with Crippen molar-refractivity contribution in [1.29, 1.82) is 0 Å². The zero-order valence-corrected chi connectivity index (χ0v) is 10.3. The van der Waals surface area contributed by atoms with Gasteiger partial charge in [0.15, 0.2) is 0 Å². The maximum absolute atomic E-state index is 5.56. The third-order valence-corrected chi connectivity index (χ3v) is 3.04. The molecule has 90 valence electrons. The molecule has 16 heavy (non-hydrogen) atoms. The molecule has 1 aliphatic rings. The van der Waals surface area contributed by atoms with Gasteiger partial charge in [-0.2, -0.15) is 0 Å². The number of hydrogen-bond donors (Lipinski definition) is 1. The van der Waals surface area contributed by atoms with E-state index in [1.807, 2.05) is 6.26 Å². The van der Waals surface area contributed by atoms with Gasteiger partial charge in [-0.15, -0.1) is 0 Å². The molecule has 3 heteroatoms. The lowest BCUT2D eigenvalue weighted by Gasteiger charge is -2.12. The molecule has 0 aliphatic heterocycles. The van der Waals surface area contributed by atoms with Crippen LogP contribution in [0.4, 0.5) is 0 Å². The Hall–Kier alpha value is -0.800. The molecule has 0 spiro atoms. The highest BCUT2D eigenvalue weighted by molar-refractivity contribution is 5.12. The second kappa shape index (κ2) is 5.51. The van der Waals surface area contributed by atoms with Crippen molar-refractivity contribution in [3.63, 3.8) is 0 Å². The molecule has 2 rings (SSSR count). The van der Waals surface area contributed by atoms with E-state index in [0.29, 0.717) is 0 Å². The van der Waals surface area contributed by atoms with Gasteiger partial charge < -0.3 is 9.73 Å². The smallest absolute Gasteiger partial charge is 0.118 e. The van der Waals surface area contributed by atoms with Crippen LogP contribution >= 0.6 is 0 Å². The van der Waals surface area contributed by atoms with Crippen molar-refractivity contribution in [3.8, 4) is 0 Å². The minimum Gasteiger partial charge on any atom is -0.468 e. The highest BCUT2D eigenvalue weighted by Crippen LogP contribution is 2.26. The van der Waals surface area contributed by atoms with Gasteiger partial charge in [0.1, 0.15) is 5.76 Å². The third kappa shape index (κ3) is 3.35. The van der Waals surface area contributed by atoms with Crippen LogP contribution in [0.25, 0.3) is 0 Å². The minimum atomic E-state index is 0.798. The summed E-state index contributed by atoms with van der Waals surface area (Å²) in [7, 11) is 2.18. The molecule has 1 N–H and O–H groups in total. The van der Waals surface area contributed by atoms with Crippen LogP contribution < -0.4 is 5.32 Å². The van der Waals surface area contributed by atoms with Gasteiger partial charge in [-0.3, -0.25) is 4.90 Å². The molecule has 0 bridgehead atoms. The summed E-state index contributed by atoms with van der Waals surface area (Å²) in [5.41, 5.74) is 1.26. The molecule has 1 aromatic rings. The van der Waals surface area contributed by atoms with E-state index >= 15 is 0 Å². The molecule has 1 aliphatic carbocycles. The first-order valence-corrected chi connectivity index (χ1v) is 6.27. The number of hydrogen-bond acceptors (Lipinski definition) is 3. The van der Waals surface area contributed by atoms with Crippen molar-refractivity contribution >= 4 is 0 Å². The van der Waals surface area contributed by atoms with Crippen molar-refractivity contribution in [1.82, 2.24) is 10.2 Å². The predicted octanol–water partition coefficient (Wildman–Crippen LogP) is 2.37. The van der Waals surface area contributed by atoms with Gasteiger partial charge in [0.05, 0.1) is 12.8 Å². The monoisotopic (exact) mass is 222 g/mol. The Balaban J connectivity index is 1.77. The van der Waals surface area contributed by atoms with Crippen LogP contribution in [0.1, 0.15) is 37.5 Å². The lowest BCUT2D eigenvalue weighted by atomic mass is 10.3. The summed E-state index contributed by atoms with van der Waals surface area (Å²) in [4.78, 5) is 2.38. The Labute approximate surface area is 97.8 Å². The van der Waals surface area contributed by atoms with Gasteiger partial charge in [-0.05, 0) is 38.9 Å². The number of furan rings is 1. The summed E-state index contributed by atoms with van der Waals surface area (Å²) >= 11 is 0. The maximum Gasteiger partial charge on any atom is 0.118 e. The largest absolute Gasteiger partial charge is 0.468 e. The second-order valence-electron chi connectivity index (χ2n) is 4.74. The SMILES string of the molecule is CCCNCc1coc(CN(C)C2CC2)c1. The molecule has 0 radical (unpaired) electrons. The van der Waals surface area contributed by atoms with Gasteiger partial charge in [0.25, 0.3) is 0 Å². The van der Waals surface area contributed by atoms with E-state index in [-0.39, 0.29) is 0 Å². The van der Waals surface area contributed by atoms with Crippen molar-refractivity contribution < 1.29 is 4.42 Å². The Bertz CT molecular complexity index is 317. The topological polar surface area (TPSA) is 28.4 Å². The molecular formula is C13H22N2O. The quantitative estimate of drug-likeness (QED) is 0.718. The molecule has 1 heterocycles. The van der Waals surface area contributed by atoms with Gasteiger partial charge in [0.2, 0.25) is 0 Å². The molecule has 0 amide bonds. The van der Waals surface area contributed by atoms with Crippen LogP contribution in [-0.4, -0.2) is 24.5 Å². The summed E-state index contributed by atoms with van der Waals surface area (Å²) in [6, 6.07) is 2.97. The zero-order chi connectivity index (χ0) is 11.4. The van der Waals surface area contributed by atoms with E-state index in [4.69, 9.17) is 4.42 Å². The van der Waals surface area contributed by atoms with Crippen LogP contribution in [0.2, 0.25) is 0 Å². The van der Waals surface area contributed by atoms with Crippen molar-refractivity contribution in [2.45, 2.75) is 45.3 Å². The average Bonchev–Trinajstić information content (AvgIpc) is 3.03. The molecule has 1 fully saturated rings. The van der Waals surface area contributed by atoms with Crippen LogP contribution in [0, 0.1) is 0 Å². The molecule has 1 aromatic heterocycles. The van der Waals surface area contributed by atoms with Crippen molar-refractivity contribution in [3.05, 3.63) is 23.7 Å². The molecule has 0 atom stereocenters. The van der Waals surface area contributed by atoms with E-state index in [9.17, 15) is 0 Å². The molecule has 0 aromatic carbocycles. The van der Waals surface area contributed by atoms with E-state index in [1.165, 1.54) is 24.8 Å².